The average molecular weight is 452 g/mol. The molecular weight excluding hydrogens is 433 g/mol. The van der Waals surface area contributed by atoms with Crippen molar-refractivity contribution in [2.45, 2.75) is 26.3 Å². The van der Waals surface area contributed by atoms with Crippen molar-refractivity contribution in [3.05, 3.63) is 57.7 Å². The van der Waals surface area contributed by atoms with Crippen molar-refractivity contribution in [1.29, 1.82) is 0 Å². The van der Waals surface area contributed by atoms with Crippen molar-refractivity contribution in [2.75, 3.05) is 18.4 Å². The van der Waals surface area contributed by atoms with Gasteiger partial charge in [-0.15, -0.1) is 11.3 Å². The summed E-state index contributed by atoms with van der Waals surface area (Å²) in [6.45, 7) is 1.74. The Morgan fingerprint density at radius 1 is 1.19 bits per heavy atom. The van der Waals surface area contributed by atoms with Crippen molar-refractivity contribution >= 4 is 39.1 Å². The van der Waals surface area contributed by atoms with Gasteiger partial charge in [-0.2, -0.15) is 0 Å². The SMILES string of the molecule is CCCN(CC(=O)Nc1ccc(F)c(F)c1F)C(=O)CCn1cnc2sccc2c1=O. The van der Waals surface area contributed by atoms with Crippen LogP contribution in [0.15, 0.2) is 34.7 Å². The van der Waals surface area contributed by atoms with Gasteiger partial charge in [0, 0.05) is 19.5 Å². The zero-order valence-corrected chi connectivity index (χ0v) is 17.3. The number of nitrogens with one attached hydrogen (secondary N) is 1. The quantitative estimate of drug-likeness (QED) is 0.533. The van der Waals surface area contributed by atoms with Gasteiger partial charge in [-0.05, 0) is 30.0 Å². The molecule has 1 N–H and O–H groups in total. The number of halogens is 3. The number of aromatic nitrogens is 2. The second kappa shape index (κ2) is 9.73. The van der Waals surface area contributed by atoms with Gasteiger partial charge in [0.1, 0.15) is 4.83 Å². The van der Waals surface area contributed by atoms with E-state index in [-0.39, 0.29) is 31.0 Å². The zero-order valence-electron chi connectivity index (χ0n) is 16.5. The number of hydrogen-bond acceptors (Lipinski definition) is 5. The van der Waals surface area contributed by atoms with E-state index in [4.69, 9.17) is 0 Å². The first kappa shape index (κ1) is 22.5. The fourth-order valence-electron chi connectivity index (χ4n) is 2.97. The number of rotatable bonds is 8. The van der Waals surface area contributed by atoms with E-state index in [1.807, 2.05) is 6.92 Å². The van der Waals surface area contributed by atoms with Crippen molar-refractivity contribution in [2.24, 2.45) is 0 Å². The number of aryl methyl sites for hydroxylation is 1. The number of thiophene rings is 1. The van der Waals surface area contributed by atoms with Gasteiger partial charge >= 0.3 is 0 Å². The summed E-state index contributed by atoms with van der Waals surface area (Å²) < 4.78 is 41.4. The maximum atomic E-state index is 13.8. The van der Waals surface area contributed by atoms with Crippen molar-refractivity contribution in [3.63, 3.8) is 0 Å². The lowest BCUT2D eigenvalue weighted by molar-refractivity contribution is -0.134. The van der Waals surface area contributed by atoms with Crippen LogP contribution >= 0.6 is 11.3 Å². The zero-order chi connectivity index (χ0) is 22.5. The molecule has 0 bridgehead atoms. The topological polar surface area (TPSA) is 84.3 Å². The first-order valence-electron chi connectivity index (χ1n) is 9.45. The highest BCUT2D eigenvalue weighted by atomic mass is 32.1. The van der Waals surface area contributed by atoms with E-state index >= 15 is 0 Å². The molecule has 3 aromatic rings. The Balaban J connectivity index is 1.64. The largest absolute Gasteiger partial charge is 0.333 e. The molecule has 0 saturated heterocycles. The van der Waals surface area contributed by atoms with E-state index in [0.717, 1.165) is 6.07 Å². The fraction of sp³-hybridized carbons (Fsp3) is 0.300. The smallest absolute Gasteiger partial charge is 0.262 e. The number of nitrogens with zero attached hydrogens (tertiary/aromatic N) is 3. The Kier molecular flexibility index (Phi) is 7.06. The molecule has 0 saturated carbocycles. The molecule has 3 rings (SSSR count). The summed E-state index contributed by atoms with van der Waals surface area (Å²) in [6, 6.07) is 3.26. The second-order valence-electron chi connectivity index (χ2n) is 6.72. The number of anilines is 1. The number of benzene rings is 1. The van der Waals surface area contributed by atoms with Crippen molar-refractivity contribution in [3.8, 4) is 0 Å². The summed E-state index contributed by atoms with van der Waals surface area (Å²) in [4.78, 5) is 43.3. The molecule has 0 fully saturated rings. The molecule has 164 valence electrons. The average Bonchev–Trinajstić information content (AvgIpc) is 3.23. The molecule has 7 nitrogen and oxygen atoms in total. The molecule has 1 aromatic carbocycles. The van der Waals surface area contributed by atoms with Crippen molar-refractivity contribution < 1.29 is 22.8 Å². The van der Waals surface area contributed by atoms with Gasteiger partial charge in [-0.1, -0.05) is 6.92 Å². The summed E-state index contributed by atoms with van der Waals surface area (Å²) in [7, 11) is 0. The molecule has 2 amide bonds. The van der Waals surface area contributed by atoms with Crippen LogP contribution in [0.5, 0.6) is 0 Å². The standard InChI is InChI=1S/C20H19F3N4O3S/c1-2-7-26(10-15(28)25-14-4-3-13(21)17(22)18(14)23)16(29)5-8-27-11-24-19-12(20(27)30)6-9-31-19/h3-4,6,9,11H,2,5,7-8,10H2,1H3,(H,25,28). The van der Waals surface area contributed by atoms with Crippen LogP contribution in [0, 0.1) is 17.5 Å². The van der Waals surface area contributed by atoms with Crippen LogP contribution in [0.4, 0.5) is 18.9 Å². The van der Waals surface area contributed by atoms with Crippen LogP contribution in [0.1, 0.15) is 19.8 Å². The van der Waals surface area contributed by atoms with Crippen LogP contribution in [-0.2, 0) is 16.1 Å². The first-order valence-corrected chi connectivity index (χ1v) is 10.3. The summed E-state index contributed by atoms with van der Waals surface area (Å²) in [5, 5.41) is 4.37. The molecule has 0 aliphatic carbocycles. The summed E-state index contributed by atoms with van der Waals surface area (Å²) in [5.41, 5.74) is -0.776. The molecule has 11 heteroatoms. The number of fused-ring (bicyclic) bond motifs is 1. The molecule has 0 atom stereocenters. The van der Waals surface area contributed by atoms with Crippen LogP contribution in [0.3, 0.4) is 0 Å². The predicted molar refractivity (Wildman–Crippen MR) is 110 cm³/mol. The number of carbonyl (C=O) groups excluding carboxylic acids is 2. The Morgan fingerprint density at radius 2 is 1.97 bits per heavy atom. The maximum Gasteiger partial charge on any atom is 0.262 e. The highest BCUT2D eigenvalue weighted by molar-refractivity contribution is 7.16. The molecule has 0 radical (unpaired) electrons. The predicted octanol–water partition coefficient (Wildman–Crippen LogP) is 3.14. The molecule has 2 aromatic heterocycles. The van der Waals surface area contributed by atoms with Gasteiger partial charge in [0.05, 0.1) is 23.9 Å². The molecule has 31 heavy (non-hydrogen) atoms. The Labute approximate surface area is 179 Å². The van der Waals surface area contributed by atoms with E-state index in [9.17, 15) is 27.6 Å². The molecular formula is C20H19F3N4O3S. The third kappa shape index (κ3) is 5.10. The van der Waals surface area contributed by atoms with Crippen molar-refractivity contribution in [1.82, 2.24) is 14.5 Å². The summed E-state index contributed by atoms with van der Waals surface area (Å²) in [6.07, 6.45) is 1.88. The monoisotopic (exact) mass is 452 g/mol. The third-order valence-electron chi connectivity index (χ3n) is 4.51. The number of carbonyl (C=O) groups is 2. The van der Waals surface area contributed by atoms with Gasteiger partial charge in [-0.25, -0.2) is 18.2 Å². The maximum absolute atomic E-state index is 13.8. The van der Waals surface area contributed by atoms with E-state index in [1.54, 1.807) is 11.4 Å². The lowest BCUT2D eigenvalue weighted by Crippen LogP contribution is -2.39. The summed E-state index contributed by atoms with van der Waals surface area (Å²) in [5.74, 6) is -5.73. The minimum atomic E-state index is -1.69. The molecule has 0 aliphatic rings. The highest BCUT2D eigenvalue weighted by Gasteiger charge is 2.20. The minimum absolute atomic E-state index is 0.0515. The lowest BCUT2D eigenvalue weighted by Gasteiger charge is -2.22. The van der Waals surface area contributed by atoms with Gasteiger partial charge in [-0.3, -0.25) is 19.0 Å². The van der Waals surface area contributed by atoms with Gasteiger partial charge in [0.25, 0.3) is 5.56 Å². The number of amides is 2. The summed E-state index contributed by atoms with van der Waals surface area (Å²) >= 11 is 1.34. The van der Waals surface area contributed by atoms with E-state index in [0.29, 0.717) is 22.7 Å². The Morgan fingerprint density at radius 3 is 2.71 bits per heavy atom. The van der Waals surface area contributed by atoms with Crippen LogP contribution in [0.25, 0.3) is 10.2 Å². The van der Waals surface area contributed by atoms with E-state index in [2.05, 4.69) is 10.3 Å². The van der Waals surface area contributed by atoms with Crippen LogP contribution < -0.4 is 10.9 Å². The third-order valence-corrected chi connectivity index (χ3v) is 5.33. The first-order chi connectivity index (χ1) is 14.8. The molecule has 2 heterocycles. The van der Waals surface area contributed by atoms with E-state index in [1.165, 1.54) is 27.1 Å². The number of hydrogen-bond donors (Lipinski definition) is 1. The molecule has 0 spiro atoms. The second-order valence-corrected chi connectivity index (χ2v) is 7.61. The highest BCUT2D eigenvalue weighted by Crippen LogP contribution is 2.19. The fourth-order valence-corrected chi connectivity index (χ4v) is 3.70. The normalized spacial score (nSPS) is 11.0. The van der Waals surface area contributed by atoms with Gasteiger partial charge in [0.2, 0.25) is 11.8 Å². The molecule has 0 aliphatic heterocycles. The molecule has 0 unspecified atom stereocenters. The Bertz CT molecular complexity index is 1180. The minimum Gasteiger partial charge on any atom is -0.333 e. The van der Waals surface area contributed by atoms with Crippen LogP contribution in [-0.4, -0.2) is 39.4 Å². The Hall–Kier alpha value is -3.21. The lowest BCUT2D eigenvalue weighted by atomic mass is 10.2. The van der Waals surface area contributed by atoms with Gasteiger partial charge < -0.3 is 10.2 Å². The van der Waals surface area contributed by atoms with Crippen LogP contribution in [0.2, 0.25) is 0 Å². The van der Waals surface area contributed by atoms with Gasteiger partial charge in [0.15, 0.2) is 17.5 Å². The van der Waals surface area contributed by atoms with E-state index < -0.39 is 35.6 Å².